The summed E-state index contributed by atoms with van der Waals surface area (Å²) in [7, 11) is -3.87. The predicted octanol–water partition coefficient (Wildman–Crippen LogP) is 6.64. The number of aromatic nitrogens is 2. The Balaban J connectivity index is 1.35. The number of benzene rings is 2. The molecule has 0 saturated carbocycles. The number of thiophene rings is 2. The molecule has 2 N–H and O–H groups in total. The summed E-state index contributed by atoms with van der Waals surface area (Å²) in [5.41, 5.74) is 1.39. The zero-order valence-corrected chi connectivity index (χ0v) is 23.5. The lowest BCUT2D eigenvalue weighted by Crippen LogP contribution is -2.15. The summed E-state index contributed by atoms with van der Waals surface area (Å²) in [6, 6.07) is 19.8. The Hall–Kier alpha value is -3.76. The lowest BCUT2D eigenvalue weighted by Gasteiger charge is -2.12. The minimum Gasteiger partial charge on any atom is -0.300 e. The van der Waals surface area contributed by atoms with E-state index in [1.807, 2.05) is 35.7 Å². The van der Waals surface area contributed by atoms with Crippen LogP contribution in [0.5, 0.6) is 0 Å². The molecule has 5 rings (SSSR count). The van der Waals surface area contributed by atoms with Gasteiger partial charge < -0.3 is 4.98 Å². The second-order valence-corrected chi connectivity index (χ2v) is 13.0. The minimum absolute atomic E-state index is 0.0435. The Bertz CT molecular complexity index is 1860. The van der Waals surface area contributed by atoms with Crippen LogP contribution in [-0.4, -0.2) is 18.4 Å². The predicted molar refractivity (Wildman–Crippen MR) is 154 cm³/mol. The first kappa shape index (κ1) is 26.8. The first-order valence-corrected chi connectivity index (χ1v) is 15.6. The molecule has 0 fully saturated rings. The van der Waals surface area contributed by atoms with Crippen LogP contribution < -0.4 is 10.3 Å². The van der Waals surface area contributed by atoms with Crippen molar-refractivity contribution >= 4 is 50.1 Å². The molecule has 0 aliphatic rings. The van der Waals surface area contributed by atoms with Crippen molar-refractivity contribution in [1.29, 1.82) is 5.26 Å². The number of aromatic amines is 1. The van der Waals surface area contributed by atoms with Crippen LogP contribution in [0.15, 0.2) is 87.0 Å². The summed E-state index contributed by atoms with van der Waals surface area (Å²) < 4.78 is 41.3. The molecule has 5 aromatic rings. The molecular weight excluding hydrogens is 576 g/mol. The molecule has 0 amide bonds. The van der Waals surface area contributed by atoms with Gasteiger partial charge in [0.15, 0.2) is 5.16 Å². The molecule has 0 bridgehead atoms. The van der Waals surface area contributed by atoms with Crippen molar-refractivity contribution < 1.29 is 12.8 Å². The number of aryl methyl sites for hydroxylation is 1. The molecule has 7 nitrogen and oxygen atoms in total. The summed E-state index contributed by atoms with van der Waals surface area (Å²) in [5, 5.41) is 11.9. The molecule has 0 atom stereocenters. The highest BCUT2D eigenvalue weighted by Gasteiger charge is 2.19. The van der Waals surface area contributed by atoms with Crippen LogP contribution in [0.25, 0.3) is 20.3 Å². The van der Waals surface area contributed by atoms with Crippen molar-refractivity contribution in [2.75, 3.05) is 4.72 Å². The van der Waals surface area contributed by atoms with Gasteiger partial charge in [0.1, 0.15) is 23.1 Å². The van der Waals surface area contributed by atoms with Crippen LogP contribution in [0.1, 0.15) is 16.7 Å². The molecule has 0 saturated heterocycles. The second-order valence-electron chi connectivity index (χ2n) is 8.35. The highest BCUT2D eigenvalue weighted by molar-refractivity contribution is 7.98. The number of thioether (sulfide) groups is 1. The van der Waals surface area contributed by atoms with E-state index in [0.29, 0.717) is 22.2 Å². The number of hydrogen-bond acceptors (Lipinski definition) is 8. The summed E-state index contributed by atoms with van der Waals surface area (Å²) in [6.07, 6.45) is 0. The molecule has 2 aromatic carbocycles. The van der Waals surface area contributed by atoms with Crippen LogP contribution in [0.3, 0.4) is 0 Å². The Morgan fingerprint density at radius 1 is 1.08 bits per heavy atom. The van der Waals surface area contributed by atoms with E-state index < -0.39 is 21.4 Å². The zero-order chi connectivity index (χ0) is 27.6. The van der Waals surface area contributed by atoms with Gasteiger partial charge in [-0.3, -0.25) is 9.52 Å². The minimum atomic E-state index is -3.87. The van der Waals surface area contributed by atoms with E-state index in [4.69, 9.17) is 0 Å². The molecule has 0 aliphatic carbocycles. The van der Waals surface area contributed by atoms with Gasteiger partial charge in [-0.25, -0.2) is 17.8 Å². The Morgan fingerprint density at radius 3 is 2.54 bits per heavy atom. The van der Waals surface area contributed by atoms with Gasteiger partial charge in [-0.2, -0.15) is 5.26 Å². The highest BCUT2D eigenvalue weighted by Crippen LogP contribution is 2.37. The molecular formula is C27H19FN4O3S4. The van der Waals surface area contributed by atoms with Crippen molar-refractivity contribution in [3.8, 4) is 26.4 Å². The molecule has 0 radical (unpaired) electrons. The summed E-state index contributed by atoms with van der Waals surface area (Å²) in [5.74, 6) is -0.0501. The molecule has 3 aromatic heterocycles. The number of anilines is 1. The third-order valence-corrected chi connectivity index (χ3v) is 10.3. The Morgan fingerprint density at radius 2 is 1.85 bits per heavy atom. The molecule has 0 spiro atoms. The van der Waals surface area contributed by atoms with E-state index in [-0.39, 0.29) is 16.1 Å². The van der Waals surface area contributed by atoms with E-state index in [0.717, 1.165) is 20.2 Å². The van der Waals surface area contributed by atoms with E-state index in [1.54, 1.807) is 30.4 Å². The molecule has 39 heavy (non-hydrogen) atoms. The fourth-order valence-corrected chi connectivity index (χ4v) is 7.73. The van der Waals surface area contributed by atoms with Crippen molar-refractivity contribution in [2.45, 2.75) is 22.7 Å². The maximum Gasteiger partial charge on any atom is 0.270 e. The van der Waals surface area contributed by atoms with Crippen LogP contribution >= 0.6 is 34.4 Å². The summed E-state index contributed by atoms with van der Waals surface area (Å²) in [6.45, 7) is 1.69. The van der Waals surface area contributed by atoms with Gasteiger partial charge in [0.05, 0.1) is 9.77 Å². The van der Waals surface area contributed by atoms with E-state index in [1.165, 1.54) is 53.4 Å². The lowest BCUT2D eigenvalue weighted by atomic mass is 10.2. The number of H-pyrrole nitrogens is 1. The normalized spacial score (nSPS) is 11.3. The number of hydrogen-bond donors (Lipinski definition) is 2. The fraction of sp³-hybridized carbons (Fsp3) is 0.0741. The third-order valence-electron chi connectivity index (χ3n) is 5.61. The quantitative estimate of drug-likeness (QED) is 0.154. The maximum atomic E-state index is 13.2. The first-order valence-electron chi connectivity index (χ1n) is 11.4. The summed E-state index contributed by atoms with van der Waals surface area (Å²) in [4.78, 5) is 22.9. The number of halogens is 1. The SMILES string of the molecule is Cc1cc(CSc2nc(-c3ccc(-c4cccs4)s3)c(C#N)c(=O)[nH]2)ccc1S(=O)(=O)Nc1ccc(F)cc1. The zero-order valence-electron chi connectivity index (χ0n) is 20.3. The average Bonchev–Trinajstić information content (AvgIpc) is 3.61. The second kappa shape index (κ2) is 11.2. The lowest BCUT2D eigenvalue weighted by molar-refractivity contribution is 0.600. The van der Waals surface area contributed by atoms with Gasteiger partial charge >= 0.3 is 0 Å². The van der Waals surface area contributed by atoms with Crippen molar-refractivity contribution in [2.24, 2.45) is 0 Å². The van der Waals surface area contributed by atoms with Gasteiger partial charge in [0.2, 0.25) is 0 Å². The summed E-state index contributed by atoms with van der Waals surface area (Å²) >= 11 is 4.35. The Kier molecular flexibility index (Phi) is 7.67. The van der Waals surface area contributed by atoms with Crippen LogP contribution in [0.2, 0.25) is 0 Å². The van der Waals surface area contributed by atoms with Gasteiger partial charge in [-0.1, -0.05) is 30.0 Å². The maximum absolute atomic E-state index is 13.2. The molecule has 12 heteroatoms. The van der Waals surface area contributed by atoms with Crippen LogP contribution in [0.4, 0.5) is 10.1 Å². The van der Waals surface area contributed by atoms with Gasteiger partial charge in [-0.05, 0) is 72.0 Å². The molecule has 196 valence electrons. The fourth-order valence-electron chi connectivity index (χ4n) is 3.80. The smallest absolute Gasteiger partial charge is 0.270 e. The van der Waals surface area contributed by atoms with Crippen LogP contribution in [-0.2, 0) is 15.8 Å². The standard InChI is InChI=1S/C27H19FN4O3S4/c1-16-13-17(4-11-24(16)39(34,35)32-19-7-5-18(28)6-8-19)15-37-27-30-25(20(14-29)26(33)31-27)23-10-9-22(38-23)21-3-2-12-36-21/h2-13,32H,15H2,1H3,(H,30,31,33). The third kappa shape index (κ3) is 5.97. The molecule has 0 unspecified atom stereocenters. The van der Waals surface area contributed by atoms with Crippen LogP contribution in [0, 0.1) is 24.1 Å². The van der Waals surface area contributed by atoms with Crippen molar-refractivity contribution in [3.63, 3.8) is 0 Å². The average molecular weight is 595 g/mol. The molecule has 3 heterocycles. The van der Waals surface area contributed by atoms with Gasteiger partial charge in [-0.15, -0.1) is 22.7 Å². The van der Waals surface area contributed by atoms with Crippen molar-refractivity contribution in [1.82, 2.24) is 9.97 Å². The first-order chi connectivity index (χ1) is 18.7. The van der Waals surface area contributed by atoms with Gasteiger partial charge in [0.25, 0.3) is 15.6 Å². The Labute approximate surface area is 236 Å². The number of sulfonamides is 1. The number of nitrogens with zero attached hydrogens (tertiary/aromatic N) is 2. The van der Waals surface area contributed by atoms with E-state index in [2.05, 4.69) is 14.7 Å². The highest BCUT2D eigenvalue weighted by atomic mass is 32.2. The number of nitrogens with one attached hydrogen (secondary N) is 2. The number of nitriles is 1. The largest absolute Gasteiger partial charge is 0.300 e. The van der Waals surface area contributed by atoms with E-state index in [9.17, 15) is 22.9 Å². The number of rotatable bonds is 8. The molecule has 0 aliphatic heterocycles. The van der Waals surface area contributed by atoms with Gasteiger partial charge in [0, 0.05) is 21.2 Å². The monoisotopic (exact) mass is 594 g/mol. The van der Waals surface area contributed by atoms with Crippen molar-refractivity contribution in [3.05, 3.63) is 105 Å². The topological polar surface area (TPSA) is 116 Å². The van der Waals surface area contributed by atoms with E-state index >= 15 is 0 Å².